The Labute approximate surface area is 138 Å². The monoisotopic (exact) mass is 395 g/mol. The zero-order valence-corrected chi connectivity index (χ0v) is 14.7. The lowest BCUT2D eigenvalue weighted by molar-refractivity contribution is 0.318. The smallest absolute Gasteiger partial charge is 0.191 e. The predicted octanol–water partition coefficient (Wildman–Crippen LogP) is 2.79. The van der Waals surface area contributed by atoms with Gasteiger partial charge in [-0.2, -0.15) is 11.8 Å². The van der Waals surface area contributed by atoms with E-state index in [2.05, 4.69) is 9.89 Å². The molecule has 2 bridgehead atoms. The highest BCUT2D eigenvalue weighted by atomic mass is 127. The highest BCUT2D eigenvalue weighted by Crippen LogP contribution is 2.49. The van der Waals surface area contributed by atoms with E-state index in [0.717, 1.165) is 43.3 Å². The van der Waals surface area contributed by atoms with Crippen molar-refractivity contribution in [3.8, 4) is 0 Å². The number of hydrogen-bond donors (Lipinski definition) is 1. The molecule has 3 unspecified atom stereocenters. The standard InChI is InChI=1S/C14H25N3S.HI/c15-14(17-5-7-18-8-6-17)16-4-3-13-10-11-1-2-12(13)9-11;/h11-13H,1-10H2,(H2,15,16);1H. The Morgan fingerprint density at radius 3 is 2.63 bits per heavy atom. The maximum Gasteiger partial charge on any atom is 0.191 e. The molecule has 2 N–H and O–H groups in total. The van der Waals surface area contributed by atoms with Crippen LogP contribution in [0.3, 0.4) is 0 Å². The molecule has 1 heterocycles. The van der Waals surface area contributed by atoms with Crippen molar-refractivity contribution in [2.45, 2.75) is 32.1 Å². The Morgan fingerprint density at radius 1 is 1.21 bits per heavy atom. The quantitative estimate of drug-likeness (QED) is 0.454. The number of fused-ring (bicyclic) bond motifs is 2. The van der Waals surface area contributed by atoms with Crippen LogP contribution in [-0.2, 0) is 0 Å². The third-order valence-electron chi connectivity index (χ3n) is 4.99. The van der Waals surface area contributed by atoms with Crippen molar-refractivity contribution in [3.63, 3.8) is 0 Å². The van der Waals surface area contributed by atoms with Gasteiger partial charge < -0.3 is 10.6 Å². The van der Waals surface area contributed by atoms with Gasteiger partial charge in [0.05, 0.1) is 0 Å². The number of rotatable bonds is 3. The summed E-state index contributed by atoms with van der Waals surface area (Å²) >= 11 is 2.02. The Balaban J connectivity index is 0.00000133. The summed E-state index contributed by atoms with van der Waals surface area (Å²) in [5.74, 6) is 6.22. The first-order valence-electron chi connectivity index (χ1n) is 7.45. The molecule has 0 aromatic heterocycles. The van der Waals surface area contributed by atoms with Crippen molar-refractivity contribution in [2.24, 2.45) is 28.5 Å². The van der Waals surface area contributed by atoms with E-state index >= 15 is 0 Å². The van der Waals surface area contributed by atoms with Gasteiger partial charge in [0, 0.05) is 31.1 Å². The van der Waals surface area contributed by atoms with Crippen LogP contribution in [0.5, 0.6) is 0 Å². The first-order valence-corrected chi connectivity index (χ1v) is 8.61. The van der Waals surface area contributed by atoms with Gasteiger partial charge in [-0.1, -0.05) is 6.42 Å². The van der Waals surface area contributed by atoms with E-state index in [-0.39, 0.29) is 24.0 Å². The second-order valence-corrected chi connectivity index (χ2v) is 7.29. The molecule has 0 aromatic rings. The summed E-state index contributed by atoms with van der Waals surface area (Å²) in [6, 6.07) is 0. The second-order valence-electron chi connectivity index (χ2n) is 6.06. The van der Waals surface area contributed by atoms with Gasteiger partial charge in [0.15, 0.2) is 5.96 Å². The first kappa shape index (κ1) is 15.7. The lowest BCUT2D eigenvalue weighted by Gasteiger charge is -2.27. The van der Waals surface area contributed by atoms with Crippen LogP contribution >= 0.6 is 35.7 Å². The van der Waals surface area contributed by atoms with Crippen molar-refractivity contribution in [1.29, 1.82) is 0 Å². The van der Waals surface area contributed by atoms with E-state index in [0.29, 0.717) is 0 Å². The molecule has 0 amide bonds. The molecule has 3 atom stereocenters. The molecule has 0 spiro atoms. The fourth-order valence-electron chi connectivity index (χ4n) is 3.97. The van der Waals surface area contributed by atoms with Gasteiger partial charge in [-0.25, -0.2) is 0 Å². The average molecular weight is 395 g/mol. The number of nitrogens with zero attached hydrogens (tertiary/aromatic N) is 2. The molecule has 1 saturated heterocycles. The summed E-state index contributed by atoms with van der Waals surface area (Å²) in [7, 11) is 0. The van der Waals surface area contributed by atoms with Crippen molar-refractivity contribution >= 4 is 41.7 Å². The van der Waals surface area contributed by atoms with Crippen LogP contribution in [-0.4, -0.2) is 42.0 Å². The minimum Gasteiger partial charge on any atom is -0.370 e. The SMILES string of the molecule is I.NC(=NCCC1CC2CCC1C2)N1CCSCC1. The van der Waals surface area contributed by atoms with E-state index in [1.54, 1.807) is 0 Å². The minimum atomic E-state index is 0. The van der Waals surface area contributed by atoms with Crippen LogP contribution in [0.4, 0.5) is 0 Å². The summed E-state index contributed by atoms with van der Waals surface area (Å²) < 4.78 is 0. The van der Waals surface area contributed by atoms with Gasteiger partial charge in [-0.3, -0.25) is 4.99 Å². The highest BCUT2D eigenvalue weighted by Gasteiger charge is 2.38. The Kier molecular flexibility index (Phi) is 6.11. The van der Waals surface area contributed by atoms with E-state index < -0.39 is 0 Å². The molecule has 1 aliphatic heterocycles. The van der Waals surface area contributed by atoms with Crippen LogP contribution < -0.4 is 5.73 Å². The maximum absolute atomic E-state index is 6.08. The largest absolute Gasteiger partial charge is 0.370 e. The van der Waals surface area contributed by atoms with Gasteiger partial charge >= 0.3 is 0 Å². The van der Waals surface area contributed by atoms with Crippen molar-refractivity contribution in [3.05, 3.63) is 0 Å². The topological polar surface area (TPSA) is 41.6 Å². The fraction of sp³-hybridized carbons (Fsp3) is 0.929. The third kappa shape index (κ3) is 3.93. The molecule has 3 rings (SSSR count). The zero-order valence-electron chi connectivity index (χ0n) is 11.6. The summed E-state index contributed by atoms with van der Waals surface area (Å²) in [5, 5.41) is 0. The van der Waals surface area contributed by atoms with E-state index in [1.807, 2.05) is 11.8 Å². The van der Waals surface area contributed by atoms with Crippen LogP contribution in [0.25, 0.3) is 0 Å². The zero-order chi connectivity index (χ0) is 12.4. The van der Waals surface area contributed by atoms with Crippen LogP contribution in [0, 0.1) is 17.8 Å². The molecule has 2 saturated carbocycles. The van der Waals surface area contributed by atoms with Gasteiger partial charge in [-0.05, 0) is 43.4 Å². The third-order valence-corrected chi connectivity index (χ3v) is 5.94. The lowest BCUT2D eigenvalue weighted by atomic mass is 9.86. The van der Waals surface area contributed by atoms with Crippen molar-refractivity contribution < 1.29 is 0 Å². The summed E-state index contributed by atoms with van der Waals surface area (Å²) in [6.07, 6.45) is 7.23. The Hall–Kier alpha value is 0.350. The van der Waals surface area contributed by atoms with Crippen LogP contribution in [0.1, 0.15) is 32.1 Å². The lowest BCUT2D eigenvalue weighted by Crippen LogP contribution is -2.42. The molecule has 3 fully saturated rings. The molecule has 3 aliphatic rings. The molecule has 0 aromatic carbocycles. The number of guanidine groups is 1. The summed E-state index contributed by atoms with van der Waals surface area (Å²) in [5.41, 5.74) is 6.08. The summed E-state index contributed by atoms with van der Waals surface area (Å²) in [6.45, 7) is 3.10. The van der Waals surface area contributed by atoms with E-state index in [9.17, 15) is 0 Å². The fourth-order valence-corrected chi connectivity index (χ4v) is 4.87. The molecule has 2 aliphatic carbocycles. The first-order chi connectivity index (χ1) is 8.83. The molecule has 0 radical (unpaired) electrons. The molecule has 110 valence electrons. The van der Waals surface area contributed by atoms with Gasteiger partial charge in [0.2, 0.25) is 0 Å². The van der Waals surface area contributed by atoms with E-state index in [1.165, 1.54) is 43.6 Å². The molecule has 3 nitrogen and oxygen atoms in total. The van der Waals surface area contributed by atoms with Crippen molar-refractivity contribution in [2.75, 3.05) is 31.1 Å². The van der Waals surface area contributed by atoms with Crippen LogP contribution in [0.2, 0.25) is 0 Å². The Bertz CT molecular complexity index is 318. The van der Waals surface area contributed by atoms with Gasteiger partial charge in [-0.15, -0.1) is 24.0 Å². The summed E-state index contributed by atoms with van der Waals surface area (Å²) in [4.78, 5) is 6.85. The highest BCUT2D eigenvalue weighted by molar-refractivity contribution is 14.0. The molecular formula is C14H26IN3S. The second kappa shape index (κ2) is 7.38. The van der Waals surface area contributed by atoms with Crippen LogP contribution in [0.15, 0.2) is 4.99 Å². The maximum atomic E-state index is 6.08. The number of halogens is 1. The predicted molar refractivity (Wildman–Crippen MR) is 94.4 cm³/mol. The van der Waals surface area contributed by atoms with Crippen molar-refractivity contribution in [1.82, 2.24) is 4.90 Å². The number of hydrogen-bond acceptors (Lipinski definition) is 2. The average Bonchev–Trinajstić information content (AvgIpc) is 3.02. The number of nitrogens with two attached hydrogens (primary N) is 1. The molecule has 5 heteroatoms. The normalized spacial score (nSPS) is 34.4. The van der Waals surface area contributed by atoms with E-state index in [4.69, 9.17) is 5.73 Å². The van der Waals surface area contributed by atoms with Gasteiger partial charge in [0.1, 0.15) is 0 Å². The molecular weight excluding hydrogens is 369 g/mol. The number of aliphatic imine (C=N–C) groups is 1. The Morgan fingerprint density at radius 2 is 2.00 bits per heavy atom. The molecule has 19 heavy (non-hydrogen) atoms. The number of thioether (sulfide) groups is 1. The minimum absolute atomic E-state index is 0. The van der Waals surface area contributed by atoms with Gasteiger partial charge in [0.25, 0.3) is 0 Å².